The Balaban J connectivity index is 1.59. The summed E-state index contributed by atoms with van der Waals surface area (Å²) in [6, 6.07) is 13.1. The number of amides is 2. The van der Waals surface area contributed by atoms with Crippen LogP contribution in [0.4, 0.5) is 10.5 Å². The van der Waals surface area contributed by atoms with E-state index in [0.717, 1.165) is 12.8 Å². The Morgan fingerprint density at radius 2 is 2.14 bits per heavy atom. The number of rotatable bonds is 5. The number of aryl methyl sites for hydroxylation is 2. The summed E-state index contributed by atoms with van der Waals surface area (Å²) in [6.07, 6.45) is 2.31. The van der Waals surface area contributed by atoms with Crippen molar-refractivity contribution in [3.8, 4) is 0 Å². The number of benzene rings is 2. The van der Waals surface area contributed by atoms with E-state index in [1.807, 2.05) is 12.1 Å². The normalized spacial score (nSPS) is 15.6. The van der Waals surface area contributed by atoms with Gasteiger partial charge >= 0.3 is 11.8 Å². The molecule has 1 aliphatic rings. The average Bonchev–Trinajstić information content (AvgIpc) is 3.23. The number of carbonyl (C=O) groups is 1. The monoisotopic (exact) mass is 381 g/mol. The molecule has 1 atom stereocenters. The number of aliphatic hydroxyl groups is 1. The minimum Gasteiger partial charge on any atom is -0.408 e. The quantitative estimate of drug-likeness (QED) is 0.711. The van der Waals surface area contributed by atoms with Crippen molar-refractivity contribution in [2.75, 3.05) is 18.5 Å². The van der Waals surface area contributed by atoms with Crippen LogP contribution in [0.1, 0.15) is 30.0 Å². The molecule has 1 aromatic heterocycles. The lowest BCUT2D eigenvalue weighted by molar-refractivity contribution is 0.177. The molecule has 1 heterocycles. The lowest BCUT2D eigenvalue weighted by Gasteiger charge is -2.30. The first kappa shape index (κ1) is 18.3. The predicted molar refractivity (Wildman–Crippen MR) is 106 cm³/mol. The van der Waals surface area contributed by atoms with Crippen LogP contribution in [0.15, 0.2) is 51.7 Å². The van der Waals surface area contributed by atoms with E-state index in [4.69, 9.17) is 4.42 Å². The van der Waals surface area contributed by atoms with Crippen LogP contribution in [0, 0.1) is 0 Å². The number of hydrogen-bond acceptors (Lipinski definition) is 4. The fraction of sp³-hybridized carbons (Fsp3) is 0.333. The molecule has 0 saturated carbocycles. The van der Waals surface area contributed by atoms with Crippen LogP contribution in [0.2, 0.25) is 0 Å². The highest BCUT2D eigenvalue weighted by atomic mass is 16.4. The zero-order chi connectivity index (χ0) is 19.7. The molecule has 28 heavy (non-hydrogen) atoms. The van der Waals surface area contributed by atoms with Gasteiger partial charge in [0, 0.05) is 32.0 Å². The largest absolute Gasteiger partial charge is 0.419 e. The fourth-order valence-corrected chi connectivity index (χ4v) is 3.91. The SMILES string of the molecule is Cn1c(=O)oc2cc(NC(=O)N(CCCO)C3CCc4ccccc43)ccc21. The number of hydrogen-bond donors (Lipinski definition) is 2. The number of aromatic nitrogens is 1. The van der Waals surface area contributed by atoms with Gasteiger partial charge in [0.15, 0.2) is 5.58 Å². The zero-order valence-electron chi connectivity index (χ0n) is 15.7. The lowest BCUT2D eigenvalue weighted by Crippen LogP contribution is -2.38. The summed E-state index contributed by atoms with van der Waals surface area (Å²) in [7, 11) is 1.64. The van der Waals surface area contributed by atoms with Gasteiger partial charge in [0.2, 0.25) is 0 Å². The molecule has 0 bridgehead atoms. The Hall–Kier alpha value is -3.06. The number of nitrogens with zero attached hydrogens (tertiary/aromatic N) is 2. The highest BCUT2D eigenvalue weighted by Gasteiger charge is 2.30. The molecule has 1 unspecified atom stereocenters. The van der Waals surface area contributed by atoms with Gasteiger partial charge < -0.3 is 19.7 Å². The Bertz CT molecular complexity index is 1070. The molecule has 0 fully saturated rings. The van der Waals surface area contributed by atoms with Crippen LogP contribution in [0.3, 0.4) is 0 Å². The second kappa shape index (κ2) is 7.52. The Labute approximate surface area is 162 Å². The molecule has 2 amide bonds. The van der Waals surface area contributed by atoms with E-state index in [-0.39, 0.29) is 18.7 Å². The molecular formula is C21H23N3O4. The Morgan fingerprint density at radius 3 is 2.96 bits per heavy atom. The van der Waals surface area contributed by atoms with E-state index < -0.39 is 5.76 Å². The van der Waals surface area contributed by atoms with Crippen molar-refractivity contribution in [2.24, 2.45) is 7.05 Å². The van der Waals surface area contributed by atoms with Crippen LogP contribution >= 0.6 is 0 Å². The van der Waals surface area contributed by atoms with Crippen LogP contribution in [0.25, 0.3) is 11.1 Å². The van der Waals surface area contributed by atoms with E-state index in [9.17, 15) is 14.7 Å². The molecule has 2 N–H and O–H groups in total. The Morgan fingerprint density at radius 1 is 1.32 bits per heavy atom. The van der Waals surface area contributed by atoms with Crippen molar-refractivity contribution in [1.29, 1.82) is 0 Å². The predicted octanol–water partition coefficient (Wildman–Crippen LogP) is 3.04. The van der Waals surface area contributed by atoms with Crippen LogP contribution in [-0.2, 0) is 13.5 Å². The first-order valence-electron chi connectivity index (χ1n) is 9.44. The molecule has 4 rings (SSSR count). The van der Waals surface area contributed by atoms with Gasteiger partial charge in [0.1, 0.15) is 0 Å². The summed E-state index contributed by atoms with van der Waals surface area (Å²) in [5.41, 5.74) is 4.09. The molecule has 3 aromatic rings. The van der Waals surface area contributed by atoms with Gasteiger partial charge in [-0.05, 0) is 42.5 Å². The van der Waals surface area contributed by atoms with E-state index in [2.05, 4.69) is 17.4 Å². The van der Waals surface area contributed by atoms with Gasteiger partial charge in [-0.25, -0.2) is 9.59 Å². The summed E-state index contributed by atoms with van der Waals surface area (Å²) in [5.74, 6) is -0.439. The number of nitrogens with one attached hydrogen (secondary N) is 1. The van der Waals surface area contributed by atoms with E-state index >= 15 is 0 Å². The molecular weight excluding hydrogens is 358 g/mol. The maximum atomic E-state index is 13.1. The van der Waals surface area contributed by atoms with Crippen molar-refractivity contribution < 1.29 is 14.3 Å². The zero-order valence-corrected chi connectivity index (χ0v) is 15.7. The van der Waals surface area contributed by atoms with Crippen LogP contribution in [-0.4, -0.2) is 33.8 Å². The van der Waals surface area contributed by atoms with Gasteiger partial charge in [-0.1, -0.05) is 24.3 Å². The third kappa shape index (κ3) is 3.29. The average molecular weight is 381 g/mol. The van der Waals surface area contributed by atoms with Gasteiger partial charge in [-0.15, -0.1) is 0 Å². The van der Waals surface area contributed by atoms with Crippen molar-refractivity contribution in [1.82, 2.24) is 9.47 Å². The van der Waals surface area contributed by atoms with Gasteiger partial charge in [0.05, 0.1) is 11.6 Å². The molecule has 146 valence electrons. The van der Waals surface area contributed by atoms with Crippen molar-refractivity contribution >= 4 is 22.8 Å². The topological polar surface area (TPSA) is 87.7 Å². The van der Waals surface area contributed by atoms with E-state index in [1.165, 1.54) is 15.7 Å². The molecule has 0 radical (unpaired) electrons. The first-order chi connectivity index (χ1) is 13.6. The molecule has 7 heteroatoms. The number of aliphatic hydroxyl groups excluding tert-OH is 1. The summed E-state index contributed by atoms with van der Waals surface area (Å²) in [5, 5.41) is 12.2. The minimum absolute atomic E-state index is 0.0128. The fourth-order valence-electron chi connectivity index (χ4n) is 3.91. The maximum absolute atomic E-state index is 13.1. The molecule has 2 aromatic carbocycles. The maximum Gasteiger partial charge on any atom is 0.419 e. The second-order valence-corrected chi connectivity index (χ2v) is 7.06. The lowest BCUT2D eigenvalue weighted by atomic mass is 10.1. The summed E-state index contributed by atoms with van der Waals surface area (Å²) < 4.78 is 6.62. The van der Waals surface area contributed by atoms with Gasteiger partial charge in [-0.2, -0.15) is 0 Å². The minimum atomic E-state index is -0.439. The van der Waals surface area contributed by atoms with Crippen molar-refractivity contribution in [3.05, 3.63) is 64.1 Å². The van der Waals surface area contributed by atoms with Crippen molar-refractivity contribution in [2.45, 2.75) is 25.3 Å². The van der Waals surface area contributed by atoms with Gasteiger partial charge in [0.25, 0.3) is 0 Å². The summed E-state index contributed by atoms with van der Waals surface area (Å²) in [6.45, 7) is 0.489. The summed E-state index contributed by atoms with van der Waals surface area (Å²) in [4.78, 5) is 26.5. The van der Waals surface area contributed by atoms with Crippen LogP contribution < -0.4 is 11.1 Å². The number of oxazole rings is 1. The molecule has 7 nitrogen and oxygen atoms in total. The van der Waals surface area contributed by atoms with Crippen LogP contribution in [0.5, 0.6) is 0 Å². The third-order valence-electron chi connectivity index (χ3n) is 5.34. The highest BCUT2D eigenvalue weighted by Crippen LogP contribution is 2.36. The number of urea groups is 1. The molecule has 0 aliphatic heterocycles. The van der Waals surface area contributed by atoms with E-state index in [1.54, 1.807) is 30.1 Å². The smallest absolute Gasteiger partial charge is 0.408 e. The number of anilines is 1. The summed E-state index contributed by atoms with van der Waals surface area (Å²) >= 11 is 0. The molecule has 1 aliphatic carbocycles. The highest BCUT2D eigenvalue weighted by molar-refractivity contribution is 5.92. The second-order valence-electron chi connectivity index (χ2n) is 7.06. The number of fused-ring (bicyclic) bond motifs is 2. The Kier molecular flexibility index (Phi) is 4.92. The first-order valence-corrected chi connectivity index (χ1v) is 9.44. The standard InChI is InChI=1S/C21H23N3O4/c1-23-18-10-8-15(13-19(18)28-21(23)27)22-20(26)24(11-4-12-25)17-9-7-14-5-2-3-6-16(14)17/h2-3,5-6,8,10,13,17,25H,4,7,9,11-12H2,1H3,(H,22,26). The third-order valence-corrected chi connectivity index (χ3v) is 5.34. The molecule has 0 spiro atoms. The number of carbonyl (C=O) groups excluding carboxylic acids is 1. The van der Waals surface area contributed by atoms with Gasteiger partial charge in [-0.3, -0.25) is 4.57 Å². The van der Waals surface area contributed by atoms with Crippen molar-refractivity contribution in [3.63, 3.8) is 0 Å². The molecule has 0 saturated heterocycles. The van der Waals surface area contributed by atoms with E-state index in [0.29, 0.717) is 29.8 Å².